The van der Waals surface area contributed by atoms with Gasteiger partial charge < -0.3 is 21.3 Å². The molecular formula is C28H40N4O3. The first-order chi connectivity index (χ1) is 17.0. The fraction of sp³-hybridized carbons (Fsp3) is 0.536. The number of fused-ring (bicyclic) bond motifs is 1. The highest BCUT2D eigenvalue weighted by atomic mass is 16.2. The third kappa shape index (κ3) is 7.04. The highest BCUT2D eigenvalue weighted by Crippen LogP contribution is 2.23. The minimum absolute atomic E-state index is 0.0463. The number of carbonyl (C=O) groups excluding carboxylic acids is 3. The van der Waals surface area contributed by atoms with E-state index >= 15 is 0 Å². The number of likely N-dealkylation sites (tertiary alicyclic amines) is 1. The molecule has 1 heterocycles. The maximum Gasteiger partial charge on any atom is 0.243 e. The summed E-state index contributed by atoms with van der Waals surface area (Å²) in [5.41, 5.74) is 6.54. The molecule has 4 N–H and O–H groups in total. The van der Waals surface area contributed by atoms with Gasteiger partial charge in [-0.25, -0.2) is 0 Å². The predicted molar refractivity (Wildman–Crippen MR) is 140 cm³/mol. The van der Waals surface area contributed by atoms with Gasteiger partial charge in [0.25, 0.3) is 0 Å². The first kappa shape index (κ1) is 26.7. The average molecular weight is 481 g/mol. The van der Waals surface area contributed by atoms with Crippen LogP contribution < -0.4 is 16.4 Å². The van der Waals surface area contributed by atoms with E-state index in [1.165, 1.54) is 0 Å². The molecule has 1 aliphatic heterocycles. The fourth-order valence-corrected chi connectivity index (χ4v) is 4.86. The summed E-state index contributed by atoms with van der Waals surface area (Å²) in [5, 5.41) is 8.16. The summed E-state index contributed by atoms with van der Waals surface area (Å²) in [4.78, 5) is 41.2. The molecule has 7 heteroatoms. The second-order valence-electron chi connectivity index (χ2n) is 9.44. The van der Waals surface area contributed by atoms with Crippen molar-refractivity contribution in [1.82, 2.24) is 15.5 Å². The van der Waals surface area contributed by atoms with E-state index in [2.05, 4.69) is 16.7 Å². The van der Waals surface area contributed by atoms with Gasteiger partial charge in [0.2, 0.25) is 17.7 Å². The summed E-state index contributed by atoms with van der Waals surface area (Å²) in [7, 11) is 0. The second-order valence-corrected chi connectivity index (χ2v) is 9.44. The molecule has 0 aliphatic carbocycles. The van der Waals surface area contributed by atoms with E-state index in [-0.39, 0.29) is 23.6 Å². The number of nitrogens with two attached hydrogens (primary N) is 1. The Bertz CT molecular complexity index is 1000. The van der Waals surface area contributed by atoms with Crippen molar-refractivity contribution < 1.29 is 14.4 Å². The third-order valence-electron chi connectivity index (χ3n) is 6.99. The van der Waals surface area contributed by atoms with E-state index in [4.69, 9.17) is 5.73 Å². The molecule has 1 aliphatic rings. The van der Waals surface area contributed by atoms with Gasteiger partial charge in [0.1, 0.15) is 12.1 Å². The first-order valence-electron chi connectivity index (χ1n) is 13.0. The second kappa shape index (κ2) is 13.2. The lowest BCUT2D eigenvalue weighted by atomic mass is 10.00. The smallest absolute Gasteiger partial charge is 0.243 e. The van der Waals surface area contributed by atoms with Crippen LogP contribution in [0.4, 0.5) is 0 Å². The summed E-state index contributed by atoms with van der Waals surface area (Å²) in [5.74, 6) is -0.475. The number of amides is 3. The lowest BCUT2D eigenvalue weighted by Gasteiger charge is -2.29. The van der Waals surface area contributed by atoms with Gasteiger partial charge >= 0.3 is 0 Å². The SMILES string of the molecule is CCC(CC)C(=O)N1CCCC1C(=O)N[C@H](Cc1ccc2ccccc2c1)C(=O)NCCCCN. The van der Waals surface area contributed by atoms with E-state index in [0.29, 0.717) is 32.5 Å². The van der Waals surface area contributed by atoms with Crippen LogP contribution in [0.25, 0.3) is 10.8 Å². The Hall–Kier alpha value is -2.93. The van der Waals surface area contributed by atoms with Crippen molar-refractivity contribution in [2.24, 2.45) is 11.7 Å². The first-order valence-corrected chi connectivity index (χ1v) is 13.0. The lowest BCUT2D eigenvalue weighted by molar-refractivity contribution is -0.142. The van der Waals surface area contributed by atoms with Crippen molar-refractivity contribution in [1.29, 1.82) is 0 Å². The Kier molecular flexibility index (Phi) is 10.1. The van der Waals surface area contributed by atoms with Gasteiger partial charge in [-0.15, -0.1) is 0 Å². The van der Waals surface area contributed by atoms with Crippen LogP contribution in [0.1, 0.15) is 57.9 Å². The van der Waals surface area contributed by atoms with Gasteiger partial charge in [-0.05, 0) is 61.4 Å². The minimum atomic E-state index is -0.716. The van der Waals surface area contributed by atoms with Crippen LogP contribution in [0, 0.1) is 5.92 Å². The summed E-state index contributed by atoms with van der Waals surface area (Å²) in [6.45, 7) is 5.70. The van der Waals surface area contributed by atoms with Gasteiger partial charge in [0.05, 0.1) is 0 Å². The molecule has 0 bridgehead atoms. The number of hydrogen-bond donors (Lipinski definition) is 3. The molecule has 3 amide bonds. The van der Waals surface area contributed by atoms with E-state index in [1.54, 1.807) is 4.90 Å². The average Bonchev–Trinajstić information content (AvgIpc) is 3.37. The summed E-state index contributed by atoms with van der Waals surface area (Å²) < 4.78 is 0. The number of benzene rings is 2. The Labute approximate surface area is 208 Å². The van der Waals surface area contributed by atoms with E-state index < -0.39 is 12.1 Å². The summed E-state index contributed by atoms with van der Waals surface area (Å²) >= 11 is 0. The molecule has 2 aromatic rings. The van der Waals surface area contributed by atoms with Gasteiger partial charge in [-0.1, -0.05) is 56.3 Å². The molecule has 0 spiro atoms. The normalized spacial score (nSPS) is 16.5. The fourth-order valence-electron chi connectivity index (χ4n) is 4.86. The topological polar surface area (TPSA) is 105 Å². The van der Waals surface area contributed by atoms with Crippen molar-refractivity contribution in [3.05, 3.63) is 48.0 Å². The number of rotatable bonds is 12. The molecule has 35 heavy (non-hydrogen) atoms. The number of nitrogens with one attached hydrogen (secondary N) is 2. The Balaban J connectivity index is 1.75. The molecule has 0 radical (unpaired) electrons. The summed E-state index contributed by atoms with van der Waals surface area (Å²) in [6, 6.07) is 12.9. The van der Waals surface area contributed by atoms with Gasteiger partial charge in [-0.2, -0.15) is 0 Å². The van der Waals surface area contributed by atoms with Gasteiger partial charge in [0.15, 0.2) is 0 Å². The van der Waals surface area contributed by atoms with Crippen LogP contribution in [0.15, 0.2) is 42.5 Å². The van der Waals surface area contributed by atoms with E-state index in [9.17, 15) is 14.4 Å². The van der Waals surface area contributed by atoms with E-state index in [0.717, 1.165) is 48.4 Å². The molecule has 1 unspecified atom stereocenters. The molecule has 7 nitrogen and oxygen atoms in total. The Morgan fingerprint density at radius 1 is 1.06 bits per heavy atom. The van der Waals surface area contributed by atoms with Crippen LogP contribution in [-0.4, -0.2) is 54.3 Å². The standard InChI is InChI=1S/C28H40N4O3/c1-3-21(4-2)28(35)32-17-9-12-25(32)27(34)31-24(26(33)30-16-8-7-15-29)19-20-13-14-22-10-5-6-11-23(22)18-20/h5-6,10-11,13-14,18,21,24-25H,3-4,7-9,12,15-17,19,29H2,1-2H3,(H,30,33)(H,31,34)/t24-,25?/m1/s1. The number of nitrogens with zero attached hydrogens (tertiary/aromatic N) is 1. The van der Waals surface area contributed by atoms with Crippen LogP contribution in [0.2, 0.25) is 0 Å². The Morgan fingerprint density at radius 3 is 2.51 bits per heavy atom. The molecule has 0 aromatic heterocycles. The molecule has 1 saturated heterocycles. The molecule has 190 valence electrons. The van der Waals surface area contributed by atoms with E-state index in [1.807, 2.05) is 50.2 Å². The van der Waals surface area contributed by atoms with Gasteiger partial charge in [0, 0.05) is 25.4 Å². The van der Waals surface area contributed by atoms with Crippen LogP contribution in [0.5, 0.6) is 0 Å². The quantitative estimate of drug-likeness (QED) is 0.406. The van der Waals surface area contributed by atoms with Gasteiger partial charge in [-0.3, -0.25) is 14.4 Å². The van der Waals surface area contributed by atoms with Crippen molar-refractivity contribution >= 4 is 28.5 Å². The number of hydrogen-bond acceptors (Lipinski definition) is 4. The third-order valence-corrected chi connectivity index (χ3v) is 6.99. The highest BCUT2D eigenvalue weighted by Gasteiger charge is 2.37. The van der Waals surface area contributed by atoms with Crippen LogP contribution in [-0.2, 0) is 20.8 Å². The molecular weight excluding hydrogens is 440 g/mol. The maximum atomic E-state index is 13.4. The molecule has 3 rings (SSSR count). The predicted octanol–water partition coefficient (Wildman–Crippen LogP) is 3.15. The zero-order valence-corrected chi connectivity index (χ0v) is 21.1. The summed E-state index contributed by atoms with van der Waals surface area (Å²) in [6.07, 6.45) is 4.94. The van der Waals surface area contributed by atoms with Crippen molar-refractivity contribution in [3.8, 4) is 0 Å². The minimum Gasteiger partial charge on any atom is -0.354 e. The highest BCUT2D eigenvalue weighted by molar-refractivity contribution is 5.93. The molecule has 1 fully saturated rings. The van der Waals surface area contributed by atoms with Crippen molar-refractivity contribution in [2.45, 2.75) is 70.9 Å². The number of carbonyl (C=O) groups is 3. The zero-order chi connectivity index (χ0) is 25.2. The van der Waals surface area contributed by atoms with Crippen molar-refractivity contribution in [3.63, 3.8) is 0 Å². The maximum absolute atomic E-state index is 13.4. The lowest BCUT2D eigenvalue weighted by Crippen LogP contribution is -2.54. The monoisotopic (exact) mass is 480 g/mol. The van der Waals surface area contributed by atoms with Crippen LogP contribution in [0.3, 0.4) is 0 Å². The van der Waals surface area contributed by atoms with Crippen LogP contribution >= 0.6 is 0 Å². The largest absolute Gasteiger partial charge is 0.354 e. The zero-order valence-electron chi connectivity index (χ0n) is 21.1. The molecule has 2 aromatic carbocycles. The molecule has 2 atom stereocenters. The Morgan fingerprint density at radius 2 is 1.80 bits per heavy atom. The number of unbranched alkanes of at least 4 members (excludes halogenated alkanes) is 1. The van der Waals surface area contributed by atoms with Crippen molar-refractivity contribution in [2.75, 3.05) is 19.6 Å². The molecule has 0 saturated carbocycles.